The zero-order chi connectivity index (χ0) is 18.7. The Morgan fingerprint density at radius 3 is 2.40 bits per heavy atom. The summed E-state index contributed by atoms with van der Waals surface area (Å²) >= 11 is 0.667. The van der Waals surface area contributed by atoms with Crippen molar-refractivity contribution in [3.63, 3.8) is 0 Å². The van der Waals surface area contributed by atoms with Crippen molar-refractivity contribution in [2.45, 2.75) is 25.1 Å². The second kappa shape index (κ2) is 7.47. The maximum atomic E-state index is 12.0. The van der Waals surface area contributed by atoms with E-state index in [4.69, 9.17) is 0 Å². The van der Waals surface area contributed by atoms with Gasteiger partial charge in [0.15, 0.2) is 5.12 Å². The van der Waals surface area contributed by atoms with E-state index < -0.39 is 22.2 Å². The van der Waals surface area contributed by atoms with Crippen LogP contribution >= 0.6 is 11.8 Å². The molecule has 0 N–H and O–H groups in total. The number of aromatic nitrogens is 1. The molecule has 25 heavy (non-hydrogen) atoms. The van der Waals surface area contributed by atoms with Crippen molar-refractivity contribution in [1.82, 2.24) is 4.57 Å². The molecule has 1 aromatic heterocycles. The molecule has 2 atom stereocenters. The fraction of sp³-hybridized carbons (Fsp3) is 0.312. The van der Waals surface area contributed by atoms with Crippen molar-refractivity contribution < 1.29 is 24.0 Å². The largest absolute Gasteiger partial charge is 0.464 e. The lowest BCUT2D eigenvalue weighted by Crippen LogP contribution is -2.35. The molecule has 9 heteroatoms. The average Bonchev–Trinajstić information content (AvgIpc) is 2.93. The van der Waals surface area contributed by atoms with Gasteiger partial charge in [-0.25, -0.2) is 4.79 Å². The monoisotopic (exact) mass is 364 g/mol. The maximum Gasteiger partial charge on any atom is 0.383 e. The number of ether oxygens (including phenoxy) is 1. The van der Waals surface area contributed by atoms with Crippen LogP contribution in [0.15, 0.2) is 30.5 Å². The van der Waals surface area contributed by atoms with Crippen LogP contribution in [-0.2, 0) is 14.3 Å². The van der Waals surface area contributed by atoms with E-state index in [1.54, 1.807) is 24.3 Å². The van der Waals surface area contributed by atoms with E-state index in [0.717, 1.165) is 7.11 Å². The molecule has 0 amide bonds. The number of fused-ring (bicyclic) bond motifs is 1. The predicted octanol–water partition coefficient (Wildman–Crippen LogP) is 2.44. The minimum Gasteiger partial charge on any atom is -0.464 e. The molecule has 0 aliphatic rings. The Hall–Kier alpha value is -2.68. The highest BCUT2D eigenvalue weighted by atomic mass is 32.2. The summed E-state index contributed by atoms with van der Waals surface area (Å²) in [6.07, 6.45) is 1.44. The molecule has 0 radical (unpaired) electrons. The van der Waals surface area contributed by atoms with Gasteiger partial charge in [-0.05, 0) is 11.6 Å². The molecule has 0 spiro atoms. The van der Waals surface area contributed by atoms with Crippen LogP contribution in [0.1, 0.15) is 29.5 Å². The molecule has 8 nitrogen and oxygen atoms in total. The van der Waals surface area contributed by atoms with Crippen molar-refractivity contribution in [3.8, 4) is 0 Å². The summed E-state index contributed by atoms with van der Waals surface area (Å²) in [5.41, 5.74) is 0.907. The molecule has 2 aromatic rings. The van der Waals surface area contributed by atoms with Gasteiger partial charge in [-0.2, -0.15) is 0 Å². The highest BCUT2D eigenvalue weighted by Crippen LogP contribution is 2.39. The lowest BCUT2D eigenvalue weighted by atomic mass is 10.0. The van der Waals surface area contributed by atoms with Gasteiger partial charge in [0.05, 0.1) is 12.6 Å². The number of rotatable bonds is 5. The highest BCUT2D eigenvalue weighted by Gasteiger charge is 2.43. The van der Waals surface area contributed by atoms with E-state index in [0.29, 0.717) is 28.2 Å². The summed E-state index contributed by atoms with van der Waals surface area (Å²) < 4.78 is 5.88. The van der Waals surface area contributed by atoms with Crippen molar-refractivity contribution >= 4 is 39.7 Å². The summed E-state index contributed by atoms with van der Waals surface area (Å²) in [5.74, 6) is -1.34. The number of nitro groups is 1. The molecule has 132 valence electrons. The van der Waals surface area contributed by atoms with Crippen LogP contribution in [-0.4, -0.2) is 39.6 Å². The van der Waals surface area contributed by atoms with E-state index in [2.05, 4.69) is 4.74 Å². The molecule has 2 rings (SSSR count). The van der Waals surface area contributed by atoms with Gasteiger partial charge in [0, 0.05) is 30.4 Å². The molecular weight excluding hydrogens is 348 g/mol. The molecule has 0 unspecified atom stereocenters. The van der Waals surface area contributed by atoms with E-state index in [9.17, 15) is 24.5 Å². The Labute approximate surface area is 147 Å². The Morgan fingerprint density at radius 1 is 1.24 bits per heavy atom. The molecule has 0 saturated carbocycles. The number of thioether (sulfide) groups is 1. The number of hydrogen-bond acceptors (Lipinski definition) is 7. The summed E-state index contributed by atoms with van der Waals surface area (Å²) in [7, 11) is 1.05. The first-order valence-electron chi connectivity index (χ1n) is 7.27. The van der Waals surface area contributed by atoms with Gasteiger partial charge in [-0.15, -0.1) is 0 Å². The van der Waals surface area contributed by atoms with Crippen LogP contribution in [0.5, 0.6) is 0 Å². The maximum absolute atomic E-state index is 12.0. The van der Waals surface area contributed by atoms with Gasteiger partial charge in [0.25, 0.3) is 0 Å². The van der Waals surface area contributed by atoms with Gasteiger partial charge < -0.3 is 4.74 Å². The molecule has 0 saturated heterocycles. The lowest BCUT2D eigenvalue weighted by Gasteiger charge is -2.17. The molecule has 0 aliphatic heterocycles. The van der Waals surface area contributed by atoms with Gasteiger partial charge in [0.1, 0.15) is 5.25 Å². The Kier molecular flexibility index (Phi) is 5.58. The third-order valence-electron chi connectivity index (χ3n) is 3.64. The summed E-state index contributed by atoms with van der Waals surface area (Å²) in [6.45, 7) is 2.62. The average molecular weight is 364 g/mol. The first-order chi connectivity index (χ1) is 11.8. The van der Waals surface area contributed by atoms with Crippen molar-refractivity contribution in [1.29, 1.82) is 0 Å². The number of para-hydroxylation sites is 1. The number of hydrogen-bond donors (Lipinski definition) is 0. The SMILES string of the molecule is COC(=O)[C@H]([C@H](SC(C)=O)c1cn(C(C)=O)c2ccccc12)[N+](=O)[O-]. The number of carbonyl (C=O) groups is 3. The minimum atomic E-state index is -1.77. The number of esters is 1. The first kappa shape index (κ1) is 18.7. The van der Waals surface area contributed by atoms with Crippen LogP contribution in [0.25, 0.3) is 10.9 Å². The lowest BCUT2D eigenvalue weighted by molar-refractivity contribution is -0.510. The van der Waals surface area contributed by atoms with Crippen LogP contribution in [0.4, 0.5) is 0 Å². The third kappa shape index (κ3) is 3.71. The molecule has 1 aromatic carbocycles. The first-order valence-corrected chi connectivity index (χ1v) is 8.15. The van der Waals surface area contributed by atoms with E-state index in [-0.39, 0.29) is 11.0 Å². The van der Waals surface area contributed by atoms with E-state index >= 15 is 0 Å². The third-order valence-corrected chi connectivity index (χ3v) is 4.74. The Balaban J connectivity index is 2.72. The molecule has 1 heterocycles. The summed E-state index contributed by atoms with van der Waals surface area (Å²) in [4.78, 5) is 46.2. The number of carbonyl (C=O) groups excluding carboxylic acids is 3. The molecular formula is C16H16N2O6S. The molecule has 0 bridgehead atoms. The van der Waals surface area contributed by atoms with E-state index in [1.807, 2.05) is 0 Å². The Morgan fingerprint density at radius 2 is 1.88 bits per heavy atom. The summed E-state index contributed by atoms with van der Waals surface area (Å²) in [6, 6.07) is 5.04. The standard InChI is InChI=1S/C16H16N2O6S/c1-9(19)17-8-12(11-6-4-5-7-13(11)17)15(25-10(2)20)14(18(22)23)16(21)24-3/h4-8,14-15H,1-3H3/t14-,15+/m0/s1. The fourth-order valence-corrected chi connectivity index (χ4v) is 3.62. The van der Waals surface area contributed by atoms with Crippen molar-refractivity contribution in [3.05, 3.63) is 46.1 Å². The number of nitrogens with zero attached hydrogens (tertiary/aromatic N) is 2. The second-order valence-electron chi connectivity index (χ2n) is 5.27. The normalized spacial score (nSPS) is 13.2. The zero-order valence-electron chi connectivity index (χ0n) is 13.8. The molecule has 0 fully saturated rings. The van der Waals surface area contributed by atoms with Crippen molar-refractivity contribution in [2.75, 3.05) is 7.11 Å². The van der Waals surface area contributed by atoms with Crippen LogP contribution in [0.2, 0.25) is 0 Å². The van der Waals surface area contributed by atoms with Crippen LogP contribution in [0, 0.1) is 10.1 Å². The summed E-state index contributed by atoms with van der Waals surface area (Å²) in [5, 5.41) is 10.5. The van der Waals surface area contributed by atoms with Gasteiger partial charge in [-0.1, -0.05) is 30.0 Å². The van der Waals surface area contributed by atoms with Gasteiger partial charge >= 0.3 is 12.0 Å². The minimum absolute atomic E-state index is 0.287. The number of benzene rings is 1. The van der Waals surface area contributed by atoms with Gasteiger partial charge in [0.2, 0.25) is 5.91 Å². The quantitative estimate of drug-likeness (QED) is 0.455. The Bertz CT molecular complexity index is 859. The van der Waals surface area contributed by atoms with Gasteiger partial charge in [-0.3, -0.25) is 24.3 Å². The predicted molar refractivity (Wildman–Crippen MR) is 92.0 cm³/mol. The van der Waals surface area contributed by atoms with Crippen LogP contribution < -0.4 is 0 Å². The van der Waals surface area contributed by atoms with E-state index in [1.165, 1.54) is 24.6 Å². The second-order valence-corrected chi connectivity index (χ2v) is 6.59. The highest BCUT2D eigenvalue weighted by molar-refractivity contribution is 8.13. The van der Waals surface area contributed by atoms with Crippen LogP contribution in [0.3, 0.4) is 0 Å². The van der Waals surface area contributed by atoms with Crippen molar-refractivity contribution in [2.24, 2.45) is 0 Å². The fourth-order valence-electron chi connectivity index (χ4n) is 2.61. The smallest absolute Gasteiger partial charge is 0.383 e. The topological polar surface area (TPSA) is 109 Å². The molecule has 0 aliphatic carbocycles. The number of methoxy groups -OCH3 is 1. The zero-order valence-corrected chi connectivity index (χ0v) is 14.6.